The van der Waals surface area contributed by atoms with Gasteiger partial charge in [0.15, 0.2) is 5.78 Å². The first kappa shape index (κ1) is 13.3. The van der Waals surface area contributed by atoms with Crippen LogP contribution < -0.4 is 5.73 Å². The molecule has 0 saturated heterocycles. The van der Waals surface area contributed by atoms with Gasteiger partial charge in [0.05, 0.1) is 0 Å². The first-order chi connectivity index (χ1) is 8.61. The molecule has 2 heteroatoms. The van der Waals surface area contributed by atoms with Gasteiger partial charge in [-0.15, -0.1) is 0 Å². The van der Waals surface area contributed by atoms with E-state index >= 15 is 0 Å². The highest BCUT2D eigenvalue weighted by atomic mass is 16.1. The normalized spacial score (nSPS) is 23.9. The van der Waals surface area contributed by atoms with Crippen LogP contribution in [0.4, 0.5) is 0 Å². The Hall–Kier alpha value is -1.15. The molecule has 2 rings (SSSR count). The summed E-state index contributed by atoms with van der Waals surface area (Å²) < 4.78 is 0. The minimum Gasteiger partial charge on any atom is -0.330 e. The van der Waals surface area contributed by atoms with Gasteiger partial charge in [0, 0.05) is 11.5 Å². The summed E-state index contributed by atoms with van der Waals surface area (Å²) >= 11 is 0. The molecule has 0 radical (unpaired) electrons. The van der Waals surface area contributed by atoms with Crippen molar-refractivity contribution in [2.75, 3.05) is 6.54 Å². The van der Waals surface area contributed by atoms with E-state index < -0.39 is 0 Å². The molecular weight excluding hydrogens is 222 g/mol. The quantitative estimate of drug-likeness (QED) is 0.831. The fraction of sp³-hybridized carbons (Fsp3) is 0.562. The maximum absolute atomic E-state index is 12.6. The van der Waals surface area contributed by atoms with E-state index in [9.17, 15) is 4.79 Å². The molecule has 0 heterocycles. The number of carbonyl (C=O) groups is 1. The Bertz CT molecular complexity index is 418. The van der Waals surface area contributed by atoms with Crippen molar-refractivity contribution in [2.45, 2.75) is 39.5 Å². The first-order valence-electron chi connectivity index (χ1n) is 6.94. The van der Waals surface area contributed by atoms with Crippen molar-refractivity contribution in [3.63, 3.8) is 0 Å². The Labute approximate surface area is 110 Å². The lowest BCUT2D eigenvalue weighted by Gasteiger charge is -2.29. The van der Waals surface area contributed by atoms with Crippen LogP contribution in [0, 0.1) is 25.7 Å². The highest BCUT2D eigenvalue weighted by Crippen LogP contribution is 2.32. The van der Waals surface area contributed by atoms with Gasteiger partial charge in [-0.1, -0.05) is 30.0 Å². The Balaban J connectivity index is 2.23. The first-order valence-corrected chi connectivity index (χ1v) is 6.94. The predicted octanol–water partition coefficient (Wildman–Crippen LogP) is 3.25. The molecular formula is C16H23NO. The van der Waals surface area contributed by atoms with Crippen LogP contribution in [0.15, 0.2) is 18.2 Å². The van der Waals surface area contributed by atoms with Crippen molar-refractivity contribution in [3.05, 3.63) is 34.9 Å². The minimum atomic E-state index is 0.143. The maximum Gasteiger partial charge on any atom is 0.166 e. The second-order valence-corrected chi connectivity index (χ2v) is 5.63. The summed E-state index contributed by atoms with van der Waals surface area (Å²) in [6, 6.07) is 6.13. The summed E-state index contributed by atoms with van der Waals surface area (Å²) in [4.78, 5) is 12.6. The molecule has 2 nitrogen and oxygen atoms in total. The van der Waals surface area contributed by atoms with Gasteiger partial charge in [-0.05, 0) is 51.3 Å². The molecule has 0 aromatic heterocycles. The highest BCUT2D eigenvalue weighted by Gasteiger charge is 2.30. The molecule has 2 atom stereocenters. The average Bonchev–Trinajstić information content (AvgIpc) is 2.36. The van der Waals surface area contributed by atoms with E-state index in [4.69, 9.17) is 5.73 Å². The Kier molecular flexibility index (Phi) is 4.18. The van der Waals surface area contributed by atoms with Crippen LogP contribution in [0.1, 0.15) is 47.2 Å². The number of aryl methyl sites for hydroxylation is 2. The largest absolute Gasteiger partial charge is 0.330 e. The molecule has 1 fully saturated rings. The molecule has 1 saturated carbocycles. The van der Waals surface area contributed by atoms with E-state index in [2.05, 4.69) is 6.07 Å². The summed E-state index contributed by atoms with van der Waals surface area (Å²) in [7, 11) is 0. The Morgan fingerprint density at radius 1 is 1.17 bits per heavy atom. The van der Waals surface area contributed by atoms with Crippen LogP contribution in [0.2, 0.25) is 0 Å². The van der Waals surface area contributed by atoms with Crippen LogP contribution in [-0.2, 0) is 0 Å². The lowest BCUT2D eigenvalue weighted by Crippen LogP contribution is -2.32. The van der Waals surface area contributed by atoms with E-state index in [0.29, 0.717) is 18.2 Å². The van der Waals surface area contributed by atoms with Crippen LogP contribution in [0.3, 0.4) is 0 Å². The van der Waals surface area contributed by atoms with Crippen molar-refractivity contribution in [1.29, 1.82) is 0 Å². The topological polar surface area (TPSA) is 43.1 Å². The standard InChI is InChI=1S/C16H23NO/c1-11-7-12(2)9-14(8-11)16(18)15-6-4-3-5-13(15)10-17/h7-9,13,15H,3-6,10,17H2,1-2H3. The Morgan fingerprint density at radius 2 is 1.78 bits per heavy atom. The third-order valence-electron chi connectivity index (χ3n) is 4.05. The number of ketones is 1. The number of hydrogen-bond donors (Lipinski definition) is 1. The van der Waals surface area contributed by atoms with Gasteiger partial charge >= 0.3 is 0 Å². The number of rotatable bonds is 3. The van der Waals surface area contributed by atoms with E-state index in [1.165, 1.54) is 17.5 Å². The zero-order valence-corrected chi connectivity index (χ0v) is 11.4. The SMILES string of the molecule is Cc1cc(C)cc(C(=O)C2CCCCC2CN)c1. The molecule has 98 valence electrons. The van der Waals surface area contributed by atoms with Crippen LogP contribution >= 0.6 is 0 Å². The summed E-state index contributed by atoms with van der Waals surface area (Å²) in [5.74, 6) is 0.828. The zero-order chi connectivity index (χ0) is 13.1. The van der Waals surface area contributed by atoms with Gasteiger partial charge in [-0.2, -0.15) is 0 Å². The third kappa shape index (κ3) is 2.81. The van der Waals surface area contributed by atoms with E-state index in [0.717, 1.165) is 24.8 Å². The summed E-state index contributed by atoms with van der Waals surface area (Å²) in [6.45, 7) is 4.73. The summed E-state index contributed by atoms with van der Waals surface area (Å²) in [5.41, 5.74) is 9.02. The van der Waals surface area contributed by atoms with Gasteiger partial charge in [0.2, 0.25) is 0 Å². The van der Waals surface area contributed by atoms with Crippen LogP contribution in [0.5, 0.6) is 0 Å². The Morgan fingerprint density at radius 3 is 2.39 bits per heavy atom. The van der Waals surface area contributed by atoms with E-state index in [1.54, 1.807) is 0 Å². The van der Waals surface area contributed by atoms with E-state index in [-0.39, 0.29) is 5.92 Å². The molecule has 2 unspecified atom stereocenters. The molecule has 0 amide bonds. The smallest absolute Gasteiger partial charge is 0.166 e. The lowest BCUT2D eigenvalue weighted by molar-refractivity contribution is 0.0829. The maximum atomic E-state index is 12.6. The molecule has 18 heavy (non-hydrogen) atoms. The van der Waals surface area contributed by atoms with Crippen molar-refractivity contribution in [1.82, 2.24) is 0 Å². The molecule has 1 aliphatic carbocycles. The second kappa shape index (κ2) is 5.66. The van der Waals surface area contributed by atoms with Gasteiger partial charge in [0.25, 0.3) is 0 Å². The number of carbonyl (C=O) groups excluding carboxylic acids is 1. The third-order valence-corrected chi connectivity index (χ3v) is 4.05. The lowest BCUT2D eigenvalue weighted by atomic mass is 9.75. The van der Waals surface area contributed by atoms with Gasteiger partial charge in [-0.3, -0.25) is 4.79 Å². The number of Topliss-reactive ketones (excluding diaryl/α,β-unsaturated/α-hetero) is 1. The molecule has 1 aromatic rings. The average molecular weight is 245 g/mol. The van der Waals surface area contributed by atoms with Crippen LogP contribution in [-0.4, -0.2) is 12.3 Å². The van der Waals surface area contributed by atoms with E-state index in [1.807, 2.05) is 26.0 Å². The van der Waals surface area contributed by atoms with Crippen molar-refractivity contribution < 1.29 is 4.79 Å². The molecule has 1 aromatic carbocycles. The van der Waals surface area contributed by atoms with Crippen molar-refractivity contribution in [3.8, 4) is 0 Å². The molecule has 2 N–H and O–H groups in total. The fourth-order valence-electron chi connectivity index (χ4n) is 3.17. The fourth-order valence-corrected chi connectivity index (χ4v) is 3.17. The van der Waals surface area contributed by atoms with Crippen LogP contribution in [0.25, 0.3) is 0 Å². The zero-order valence-electron chi connectivity index (χ0n) is 11.4. The van der Waals surface area contributed by atoms with Gasteiger partial charge in [0.1, 0.15) is 0 Å². The van der Waals surface area contributed by atoms with Crippen molar-refractivity contribution >= 4 is 5.78 Å². The predicted molar refractivity (Wildman–Crippen MR) is 74.7 cm³/mol. The molecule has 1 aliphatic rings. The minimum absolute atomic E-state index is 0.143. The second-order valence-electron chi connectivity index (χ2n) is 5.63. The summed E-state index contributed by atoms with van der Waals surface area (Å²) in [6.07, 6.45) is 4.50. The summed E-state index contributed by atoms with van der Waals surface area (Å²) in [5, 5.41) is 0. The molecule has 0 bridgehead atoms. The van der Waals surface area contributed by atoms with Gasteiger partial charge in [-0.25, -0.2) is 0 Å². The number of hydrogen-bond acceptors (Lipinski definition) is 2. The molecule has 0 aliphatic heterocycles. The molecule has 0 spiro atoms. The van der Waals surface area contributed by atoms with Gasteiger partial charge < -0.3 is 5.73 Å². The van der Waals surface area contributed by atoms with Crippen molar-refractivity contribution in [2.24, 2.45) is 17.6 Å². The highest BCUT2D eigenvalue weighted by molar-refractivity contribution is 5.98. The number of nitrogens with two attached hydrogens (primary N) is 1. The number of benzene rings is 1. The monoisotopic (exact) mass is 245 g/mol.